The molecule has 6 heteroatoms. The topological polar surface area (TPSA) is 67.9 Å². The van der Waals surface area contributed by atoms with Crippen LogP contribution in [0.4, 0.5) is 0 Å². The van der Waals surface area contributed by atoms with Crippen molar-refractivity contribution in [1.82, 2.24) is 10.2 Å². The summed E-state index contributed by atoms with van der Waals surface area (Å²) in [5.41, 5.74) is 0.899. The normalized spacial score (nSPS) is 20.8. The number of hydrogen-bond acceptors (Lipinski definition) is 4. The number of rotatable bonds is 7. The van der Waals surface area contributed by atoms with Crippen molar-refractivity contribution in [2.45, 2.75) is 51.2 Å². The Hall–Kier alpha value is -2.08. The molecule has 2 heterocycles. The van der Waals surface area contributed by atoms with Crippen molar-refractivity contribution in [2.24, 2.45) is 0 Å². The van der Waals surface area contributed by atoms with Crippen molar-refractivity contribution >= 4 is 11.8 Å². The van der Waals surface area contributed by atoms with Gasteiger partial charge < -0.3 is 19.7 Å². The Morgan fingerprint density at radius 3 is 2.73 bits per heavy atom. The van der Waals surface area contributed by atoms with Crippen molar-refractivity contribution in [1.29, 1.82) is 0 Å². The van der Waals surface area contributed by atoms with Gasteiger partial charge in [0.15, 0.2) is 6.61 Å². The molecule has 0 saturated carbocycles. The van der Waals surface area contributed by atoms with Gasteiger partial charge in [0.1, 0.15) is 11.9 Å². The van der Waals surface area contributed by atoms with Gasteiger partial charge in [-0.15, -0.1) is 0 Å². The smallest absolute Gasteiger partial charge is 0.260 e. The summed E-state index contributed by atoms with van der Waals surface area (Å²) in [6.45, 7) is 4.34. The number of carbonyl (C=O) groups is 2. The summed E-state index contributed by atoms with van der Waals surface area (Å²) in [6.07, 6.45) is 4.20. The fraction of sp³-hybridized carbons (Fsp3) is 0.600. The van der Waals surface area contributed by atoms with E-state index in [1.807, 2.05) is 36.1 Å². The van der Waals surface area contributed by atoms with Crippen LogP contribution in [-0.4, -0.2) is 49.1 Å². The SMILES string of the molecule is CCC(NC(=O)C1CCCO1)c1ccccc1OCC(=O)N1CCCC1. The van der Waals surface area contributed by atoms with Crippen molar-refractivity contribution in [3.05, 3.63) is 29.8 Å². The lowest BCUT2D eigenvalue weighted by Gasteiger charge is -2.23. The maximum absolute atomic E-state index is 12.4. The van der Waals surface area contributed by atoms with E-state index in [9.17, 15) is 9.59 Å². The molecule has 142 valence electrons. The molecule has 0 bridgehead atoms. The highest BCUT2D eigenvalue weighted by molar-refractivity contribution is 5.81. The number of ether oxygens (including phenoxy) is 2. The molecule has 6 nitrogen and oxygen atoms in total. The molecule has 1 aromatic rings. The third kappa shape index (κ3) is 4.55. The van der Waals surface area contributed by atoms with Crippen LogP contribution in [0, 0.1) is 0 Å². The summed E-state index contributed by atoms with van der Waals surface area (Å²) < 4.78 is 11.3. The quantitative estimate of drug-likeness (QED) is 0.811. The molecule has 1 aromatic carbocycles. The first-order chi connectivity index (χ1) is 12.7. The van der Waals surface area contributed by atoms with E-state index in [0.29, 0.717) is 12.4 Å². The molecule has 2 saturated heterocycles. The molecule has 0 aliphatic carbocycles. The molecule has 1 N–H and O–H groups in total. The maximum atomic E-state index is 12.4. The number of nitrogens with one attached hydrogen (secondary N) is 1. The molecular formula is C20H28N2O4. The lowest BCUT2D eigenvalue weighted by atomic mass is 10.0. The Morgan fingerprint density at radius 1 is 1.27 bits per heavy atom. The van der Waals surface area contributed by atoms with Crippen molar-refractivity contribution in [3.8, 4) is 5.75 Å². The summed E-state index contributed by atoms with van der Waals surface area (Å²) >= 11 is 0. The predicted octanol–water partition coefficient (Wildman–Crippen LogP) is 2.43. The molecule has 2 aliphatic rings. The van der Waals surface area contributed by atoms with E-state index < -0.39 is 0 Å². The standard InChI is InChI=1S/C20H28N2O4/c1-2-16(21-20(24)18-10-7-13-25-18)15-8-3-4-9-17(15)26-14-19(23)22-11-5-6-12-22/h3-4,8-9,16,18H,2,5-7,10-14H2,1H3,(H,21,24). The number of nitrogens with zero attached hydrogens (tertiary/aromatic N) is 1. The first-order valence-electron chi connectivity index (χ1n) is 9.60. The highest BCUT2D eigenvalue weighted by Crippen LogP contribution is 2.28. The molecule has 0 radical (unpaired) electrons. The van der Waals surface area contributed by atoms with Crippen molar-refractivity contribution in [3.63, 3.8) is 0 Å². The number of likely N-dealkylation sites (tertiary alicyclic amines) is 1. The second-order valence-corrected chi connectivity index (χ2v) is 6.89. The van der Waals surface area contributed by atoms with Gasteiger partial charge in [0.2, 0.25) is 5.91 Å². The van der Waals surface area contributed by atoms with Gasteiger partial charge in [-0.3, -0.25) is 9.59 Å². The monoisotopic (exact) mass is 360 g/mol. The van der Waals surface area contributed by atoms with E-state index in [1.54, 1.807) is 0 Å². The zero-order valence-electron chi connectivity index (χ0n) is 15.4. The van der Waals surface area contributed by atoms with Gasteiger partial charge in [-0.05, 0) is 38.2 Å². The molecule has 26 heavy (non-hydrogen) atoms. The van der Waals surface area contributed by atoms with Crippen LogP contribution >= 0.6 is 0 Å². The molecule has 2 amide bonds. The van der Waals surface area contributed by atoms with Crippen LogP contribution in [0.15, 0.2) is 24.3 Å². The summed E-state index contributed by atoms with van der Waals surface area (Å²) in [5, 5.41) is 3.07. The third-order valence-electron chi connectivity index (χ3n) is 5.05. The van der Waals surface area contributed by atoms with Gasteiger partial charge in [-0.25, -0.2) is 0 Å². The molecule has 3 rings (SSSR count). The van der Waals surface area contributed by atoms with E-state index in [1.165, 1.54) is 0 Å². The molecule has 2 atom stereocenters. The number of para-hydroxylation sites is 1. The van der Waals surface area contributed by atoms with Gasteiger partial charge in [-0.2, -0.15) is 0 Å². The van der Waals surface area contributed by atoms with Crippen LogP contribution in [0.3, 0.4) is 0 Å². The van der Waals surface area contributed by atoms with Crippen LogP contribution in [0.25, 0.3) is 0 Å². The van der Waals surface area contributed by atoms with Crippen LogP contribution < -0.4 is 10.1 Å². The molecule has 2 fully saturated rings. The highest BCUT2D eigenvalue weighted by atomic mass is 16.5. The average molecular weight is 360 g/mol. The molecule has 2 aliphatic heterocycles. The summed E-state index contributed by atoms with van der Waals surface area (Å²) in [4.78, 5) is 26.5. The van der Waals surface area contributed by atoms with Crippen LogP contribution in [0.1, 0.15) is 50.6 Å². The summed E-state index contributed by atoms with van der Waals surface area (Å²) in [5.74, 6) is 0.602. The van der Waals surface area contributed by atoms with E-state index in [0.717, 1.165) is 50.8 Å². The molecule has 0 aromatic heterocycles. The zero-order valence-corrected chi connectivity index (χ0v) is 15.4. The molecular weight excluding hydrogens is 332 g/mol. The minimum atomic E-state index is -0.353. The largest absolute Gasteiger partial charge is 0.483 e. The van der Waals surface area contributed by atoms with Gasteiger partial charge >= 0.3 is 0 Å². The Balaban J connectivity index is 1.63. The highest BCUT2D eigenvalue weighted by Gasteiger charge is 2.27. The van der Waals surface area contributed by atoms with Gasteiger partial charge in [0, 0.05) is 25.3 Å². The Kier molecular flexibility index (Phi) is 6.50. The Bertz CT molecular complexity index is 622. The zero-order chi connectivity index (χ0) is 18.4. The van der Waals surface area contributed by atoms with Gasteiger partial charge in [0.05, 0.1) is 6.04 Å². The van der Waals surface area contributed by atoms with E-state index in [2.05, 4.69) is 5.32 Å². The number of carbonyl (C=O) groups excluding carboxylic acids is 2. The number of hydrogen-bond donors (Lipinski definition) is 1. The minimum absolute atomic E-state index is 0.0220. The van der Waals surface area contributed by atoms with Crippen LogP contribution in [0.2, 0.25) is 0 Å². The minimum Gasteiger partial charge on any atom is -0.483 e. The van der Waals surface area contributed by atoms with Crippen molar-refractivity contribution < 1.29 is 19.1 Å². The van der Waals surface area contributed by atoms with E-state index >= 15 is 0 Å². The van der Waals surface area contributed by atoms with E-state index in [4.69, 9.17) is 9.47 Å². The summed E-state index contributed by atoms with van der Waals surface area (Å²) in [7, 11) is 0. The first kappa shape index (κ1) is 18.7. The van der Waals surface area contributed by atoms with Crippen LogP contribution in [0.5, 0.6) is 5.75 Å². The number of amides is 2. The Morgan fingerprint density at radius 2 is 2.04 bits per heavy atom. The molecule has 2 unspecified atom stereocenters. The maximum Gasteiger partial charge on any atom is 0.260 e. The number of benzene rings is 1. The van der Waals surface area contributed by atoms with Gasteiger partial charge in [0.25, 0.3) is 5.91 Å². The van der Waals surface area contributed by atoms with Crippen LogP contribution in [-0.2, 0) is 14.3 Å². The second-order valence-electron chi connectivity index (χ2n) is 6.89. The fourth-order valence-corrected chi connectivity index (χ4v) is 3.55. The van der Waals surface area contributed by atoms with E-state index in [-0.39, 0.29) is 30.6 Å². The fourth-order valence-electron chi connectivity index (χ4n) is 3.55. The lowest BCUT2D eigenvalue weighted by Crippen LogP contribution is -2.37. The first-order valence-corrected chi connectivity index (χ1v) is 9.60. The predicted molar refractivity (Wildman–Crippen MR) is 97.9 cm³/mol. The third-order valence-corrected chi connectivity index (χ3v) is 5.05. The Labute approximate surface area is 154 Å². The second kappa shape index (κ2) is 9.03. The van der Waals surface area contributed by atoms with Gasteiger partial charge in [-0.1, -0.05) is 25.1 Å². The van der Waals surface area contributed by atoms with Crippen molar-refractivity contribution in [2.75, 3.05) is 26.3 Å². The average Bonchev–Trinajstić information content (AvgIpc) is 3.38. The molecule has 0 spiro atoms. The summed E-state index contributed by atoms with van der Waals surface area (Å²) in [6, 6.07) is 7.44. The lowest BCUT2D eigenvalue weighted by molar-refractivity contribution is -0.132.